The predicted molar refractivity (Wildman–Crippen MR) is 84.6 cm³/mol. The van der Waals surface area contributed by atoms with E-state index in [0.717, 1.165) is 19.8 Å². The molecule has 7 nitrogen and oxygen atoms in total. The van der Waals surface area contributed by atoms with Gasteiger partial charge in [0, 0.05) is 26.0 Å². The number of fused-ring (bicyclic) bond motifs is 1. The summed E-state index contributed by atoms with van der Waals surface area (Å²) in [6.45, 7) is 0. The number of ether oxygens (including phenoxy) is 1. The zero-order valence-corrected chi connectivity index (χ0v) is 13.9. The van der Waals surface area contributed by atoms with E-state index in [1.54, 1.807) is 6.20 Å². The van der Waals surface area contributed by atoms with Crippen LogP contribution in [0, 0.1) is 0 Å². The van der Waals surface area contributed by atoms with Crippen LogP contribution in [-0.4, -0.2) is 33.2 Å². The molecule has 2 aromatic heterocycles. The van der Waals surface area contributed by atoms with Crippen molar-refractivity contribution in [2.75, 3.05) is 12.4 Å². The van der Waals surface area contributed by atoms with Gasteiger partial charge in [-0.1, -0.05) is 0 Å². The average molecular weight is 415 g/mol. The molecule has 3 rings (SSSR count). The molecule has 0 aliphatic heterocycles. The fourth-order valence-corrected chi connectivity index (χ4v) is 2.56. The quantitative estimate of drug-likeness (QED) is 0.613. The van der Waals surface area contributed by atoms with Gasteiger partial charge >= 0.3 is 6.01 Å². The number of rotatable bonds is 3. The number of H-pyrrole nitrogens is 2. The zero-order chi connectivity index (χ0) is 15.0. The second-order valence-corrected chi connectivity index (χ2v) is 5.85. The number of halogens is 2. The molecule has 2 heterocycles. The van der Waals surface area contributed by atoms with E-state index in [1.165, 1.54) is 7.11 Å². The Balaban J connectivity index is 1.92. The highest BCUT2D eigenvalue weighted by Gasteiger charge is 2.15. The molecule has 3 N–H and O–H groups in total. The van der Waals surface area contributed by atoms with Crippen LogP contribution in [0.1, 0.15) is 10.4 Å². The molecule has 9 heteroatoms. The maximum Gasteiger partial charge on any atom is 0.336 e. The van der Waals surface area contributed by atoms with Gasteiger partial charge in [-0.05, 0) is 44.0 Å². The van der Waals surface area contributed by atoms with Crippen LogP contribution in [0.2, 0.25) is 0 Å². The van der Waals surface area contributed by atoms with E-state index in [9.17, 15) is 4.79 Å². The second kappa shape index (κ2) is 5.49. The minimum Gasteiger partial charge on any atom is -0.466 e. The van der Waals surface area contributed by atoms with Gasteiger partial charge in [0.05, 0.1) is 12.7 Å². The van der Waals surface area contributed by atoms with Gasteiger partial charge in [0.15, 0.2) is 0 Å². The Hall–Kier alpha value is -1.87. The van der Waals surface area contributed by atoms with Gasteiger partial charge in [0.25, 0.3) is 5.91 Å². The molecule has 108 valence electrons. The number of methoxy groups -OCH3 is 1. The Morgan fingerprint density at radius 1 is 1.33 bits per heavy atom. The number of hydrogen-bond acceptors (Lipinski definition) is 4. The SMILES string of the molecule is COc1n[nH]c(NC(=O)c2c[nH]c3cc(Br)c(Br)cc23)n1. The van der Waals surface area contributed by atoms with Crippen molar-refractivity contribution in [1.82, 2.24) is 20.2 Å². The lowest BCUT2D eigenvalue weighted by Gasteiger charge is -2.01. The van der Waals surface area contributed by atoms with Crippen LogP contribution in [0.5, 0.6) is 6.01 Å². The fraction of sp³-hybridized carbons (Fsp3) is 0.0833. The first-order chi connectivity index (χ1) is 10.1. The molecule has 1 aromatic carbocycles. The molecule has 0 saturated heterocycles. The lowest BCUT2D eigenvalue weighted by atomic mass is 10.1. The number of carbonyl (C=O) groups excluding carboxylic acids is 1. The summed E-state index contributed by atoms with van der Waals surface area (Å²) in [7, 11) is 1.45. The Morgan fingerprint density at radius 3 is 2.81 bits per heavy atom. The molecule has 21 heavy (non-hydrogen) atoms. The van der Waals surface area contributed by atoms with Gasteiger partial charge in [0.1, 0.15) is 0 Å². The van der Waals surface area contributed by atoms with E-state index in [-0.39, 0.29) is 17.9 Å². The van der Waals surface area contributed by atoms with Crippen molar-refractivity contribution in [3.63, 3.8) is 0 Å². The summed E-state index contributed by atoms with van der Waals surface area (Å²) in [6, 6.07) is 3.93. The van der Waals surface area contributed by atoms with E-state index in [0.29, 0.717) is 5.56 Å². The summed E-state index contributed by atoms with van der Waals surface area (Å²) >= 11 is 6.85. The molecule has 0 radical (unpaired) electrons. The molecular formula is C12H9Br2N5O2. The third-order valence-corrected chi connectivity index (χ3v) is 4.69. The second-order valence-electron chi connectivity index (χ2n) is 4.14. The van der Waals surface area contributed by atoms with Crippen LogP contribution in [0.15, 0.2) is 27.3 Å². The first-order valence-corrected chi connectivity index (χ1v) is 7.41. The Kier molecular flexibility index (Phi) is 3.68. The smallest absolute Gasteiger partial charge is 0.336 e. The normalized spacial score (nSPS) is 10.8. The van der Waals surface area contributed by atoms with Crippen LogP contribution < -0.4 is 10.1 Å². The summed E-state index contributed by atoms with van der Waals surface area (Å²) in [5.74, 6) is -0.0725. The third kappa shape index (κ3) is 2.66. The maximum atomic E-state index is 12.3. The van der Waals surface area contributed by atoms with E-state index in [2.05, 4.69) is 57.3 Å². The number of aromatic amines is 2. The van der Waals surface area contributed by atoms with Gasteiger partial charge in [-0.25, -0.2) is 5.10 Å². The number of anilines is 1. The molecule has 0 aliphatic rings. The van der Waals surface area contributed by atoms with Crippen molar-refractivity contribution in [2.24, 2.45) is 0 Å². The van der Waals surface area contributed by atoms with Crippen LogP contribution in [0.25, 0.3) is 10.9 Å². The average Bonchev–Trinajstić information content (AvgIpc) is 3.06. The first-order valence-electron chi connectivity index (χ1n) is 5.82. The van der Waals surface area contributed by atoms with Crippen molar-refractivity contribution in [1.29, 1.82) is 0 Å². The summed E-state index contributed by atoms with van der Waals surface area (Å²) in [6.07, 6.45) is 1.65. The van der Waals surface area contributed by atoms with Gasteiger partial charge < -0.3 is 9.72 Å². The highest BCUT2D eigenvalue weighted by Crippen LogP contribution is 2.30. The lowest BCUT2D eigenvalue weighted by Crippen LogP contribution is -2.12. The monoisotopic (exact) mass is 413 g/mol. The minimum absolute atomic E-state index is 0.163. The maximum absolute atomic E-state index is 12.3. The van der Waals surface area contributed by atoms with E-state index >= 15 is 0 Å². The summed E-state index contributed by atoms with van der Waals surface area (Å²) in [4.78, 5) is 19.3. The number of carbonyl (C=O) groups is 1. The first kappa shape index (κ1) is 14.1. The van der Waals surface area contributed by atoms with E-state index in [1.807, 2.05) is 12.1 Å². The molecule has 0 saturated carbocycles. The number of nitrogens with zero attached hydrogens (tertiary/aromatic N) is 2. The Bertz CT molecular complexity index is 826. The highest BCUT2D eigenvalue weighted by atomic mass is 79.9. The van der Waals surface area contributed by atoms with Crippen LogP contribution in [-0.2, 0) is 0 Å². The number of aromatic nitrogens is 4. The molecule has 1 amide bonds. The largest absolute Gasteiger partial charge is 0.466 e. The number of amides is 1. The summed E-state index contributed by atoms with van der Waals surface area (Å²) in [5.41, 5.74) is 1.36. The van der Waals surface area contributed by atoms with Crippen molar-refractivity contribution >= 4 is 54.6 Å². The van der Waals surface area contributed by atoms with Gasteiger partial charge in [0.2, 0.25) is 5.95 Å². The number of hydrogen-bond donors (Lipinski definition) is 3. The predicted octanol–water partition coefficient (Wildman–Crippen LogP) is 3.07. The molecule has 0 aliphatic carbocycles. The molecule has 0 fully saturated rings. The third-order valence-electron chi connectivity index (χ3n) is 2.85. The van der Waals surface area contributed by atoms with Crippen molar-refractivity contribution in [2.45, 2.75) is 0 Å². The highest BCUT2D eigenvalue weighted by molar-refractivity contribution is 9.13. The topological polar surface area (TPSA) is 95.7 Å². The molecule has 0 unspecified atom stereocenters. The van der Waals surface area contributed by atoms with Gasteiger partial charge in [-0.15, -0.1) is 5.10 Å². The van der Waals surface area contributed by atoms with Crippen molar-refractivity contribution < 1.29 is 9.53 Å². The summed E-state index contributed by atoms with van der Waals surface area (Å²) in [5, 5.41) is 9.77. The molecule has 0 bridgehead atoms. The van der Waals surface area contributed by atoms with Gasteiger partial charge in [-0.3, -0.25) is 10.1 Å². The molecule has 0 atom stereocenters. The van der Waals surface area contributed by atoms with Crippen LogP contribution in [0.4, 0.5) is 5.95 Å². The Labute approximate surface area is 135 Å². The summed E-state index contributed by atoms with van der Waals surface area (Å²) < 4.78 is 6.62. The van der Waals surface area contributed by atoms with E-state index < -0.39 is 0 Å². The fourth-order valence-electron chi connectivity index (χ4n) is 1.87. The Morgan fingerprint density at radius 2 is 2.10 bits per heavy atom. The standard InChI is InChI=1S/C12H9Br2N5O2/c1-21-12-17-11(18-19-12)16-10(20)6-4-15-9-3-8(14)7(13)2-5(6)9/h2-4,15H,1H3,(H2,16,17,18,19,20). The molecular weight excluding hydrogens is 406 g/mol. The minimum atomic E-state index is -0.297. The zero-order valence-electron chi connectivity index (χ0n) is 10.7. The van der Waals surface area contributed by atoms with E-state index in [4.69, 9.17) is 4.74 Å². The van der Waals surface area contributed by atoms with Crippen LogP contribution >= 0.6 is 31.9 Å². The van der Waals surface area contributed by atoms with Crippen molar-refractivity contribution in [3.8, 4) is 6.01 Å². The molecule has 0 spiro atoms. The number of benzene rings is 1. The molecule has 3 aromatic rings. The van der Waals surface area contributed by atoms with Crippen molar-refractivity contribution in [3.05, 3.63) is 32.8 Å². The number of nitrogens with one attached hydrogen (secondary N) is 3. The van der Waals surface area contributed by atoms with Crippen LogP contribution in [0.3, 0.4) is 0 Å². The lowest BCUT2D eigenvalue weighted by molar-refractivity contribution is 0.102. The van der Waals surface area contributed by atoms with Gasteiger partial charge in [-0.2, -0.15) is 4.98 Å².